The van der Waals surface area contributed by atoms with Crippen LogP contribution in [0, 0.1) is 6.92 Å². The maximum atomic E-state index is 12.3. The van der Waals surface area contributed by atoms with Crippen LogP contribution in [0.15, 0.2) is 40.8 Å². The smallest absolute Gasteiger partial charge is 0.247 e. The van der Waals surface area contributed by atoms with E-state index < -0.39 is 0 Å². The molecule has 0 spiro atoms. The van der Waals surface area contributed by atoms with Crippen LogP contribution in [-0.2, 0) is 11.2 Å². The highest BCUT2D eigenvalue weighted by Gasteiger charge is 2.17. The number of benzene rings is 2. The third kappa shape index (κ3) is 4.09. The number of halogens is 1. The van der Waals surface area contributed by atoms with E-state index in [1.807, 2.05) is 31.2 Å². The van der Waals surface area contributed by atoms with Crippen molar-refractivity contribution < 1.29 is 18.7 Å². The number of hydrogen-bond donors (Lipinski definition) is 1. The molecule has 2 aromatic carbocycles. The standard InChI is InChI=1S/C20H18ClN3O4/c1-12-2-4-13(5-3-12)20-24-23-19(28-20)7-6-18(25)22-15-11-17-16(10-14(15)21)26-8-9-27-17/h2-5,10-11H,6-9H2,1H3,(H,22,25). The van der Waals surface area contributed by atoms with Gasteiger partial charge in [-0.15, -0.1) is 10.2 Å². The zero-order chi connectivity index (χ0) is 19.5. The number of aryl methyl sites for hydroxylation is 2. The molecule has 7 nitrogen and oxygen atoms in total. The molecule has 1 aliphatic heterocycles. The number of amides is 1. The molecule has 3 aromatic rings. The summed E-state index contributed by atoms with van der Waals surface area (Å²) in [4.78, 5) is 12.3. The number of carbonyl (C=O) groups is 1. The fraction of sp³-hybridized carbons (Fsp3) is 0.250. The van der Waals surface area contributed by atoms with Crippen LogP contribution >= 0.6 is 11.6 Å². The molecule has 0 radical (unpaired) electrons. The topological polar surface area (TPSA) is 86.5 Å². The first-order valence-electron chi connectivity index (χ1n) is 8.87. The molecule has 0 fully saturated rings. The molecule has 0 bridgehead atoms. The summed E-state index contributed by atoms with van der Waals surface area (Å²) in [5, 5.41) is 11.2. The highest BCUT2D eigenvalue weighted by atomic mass is 35.5. The lowest BCUT2D eigenvalue weighted by molar-refractivity contribution is -0.116. The minimum absolute atomic E-state index is 0.181. The number of fused-ring (bicyclic) bond motifs is 1. The Hall–Kier alpha value is -3.06. The summed E-state index contributed by atoms with van der Waals surface area (Å²) in [5.74, 6) is 1.76. The van der Waals surface area contributed by atoms with Gasteiger partial charge in [-0.25, -0.2) is 0 Å². The average Bonchev–Trinajstić information content (AvgIpc) is 3.16. The predicted octanol–water partition coefficient (Wildman–Crippen LogP) is 4.04. The number of nitrogens with one attached hydrogen (secondary N) is 1. The van der Waals surface area contributed by atoms with Gasteiger partial charge in [-0.3, -0.25) is 4.79 Å². The molecule has 0 unspecified atom stereocenters. The Kier molecular flexibility index (Phi) is 5.16. The fourth-order valence-corrected chi connectivity index (χ4v) is 2.96. The number of nitrogens with zero attached hydrogens (tertiary/aromatic N) is 2. The highest BCUT2D eigenvalue weighted by molar-refractivity contribution is 6.34. The van der Waals surface area contributed by atoms with Crippen LogP contribution < -0.4 is 14.8 Å². The van der Waals surface area contributed by atoms with Crippen molar-refractivity contribution in [2.45, 2.75) is 19.8 Å². The van der Waals surface area contributed by atoms with E-state index in [1.165, 1.54) is 0 Å². The lowest BCUT2D eigenvalue weighted by Crippen LogP contribution is -2.17. The first-order chi connectivity index (χ1) is 13.6. The molecular weight excluding hydrogens is 382 g/mol. The zero-order valence-electron chi connectivity index (χ0n) is 15.2. The molecule has 144 valence electrons. The summed E-state index contributed by atoms with van der Waals surface area (Å²) in [7, 11) is 0. The Morgan fingerprint density at radius 1 is 1.11 bits per heavy atom. The van der Waals surface area contributed by atoms with Crippen LogP contribution in [0.3, 0.4) is 0 Å². The Labute approximate surface area is 166 Å². The van der Waals surface area contributed by atoms with Gasteiger partial charge in [0.1, 0.15) is 13.2 Å². The van der Waals surface area contributed by atoms with Gasteiger partial charge in [0.05, 0.1) is 10.7 Å². The van der Waals surface area contributed by atoms with Gasteiger partial charge in [0.2, 0.25) is 17.7 Å². The van der Waals surface area contributed by atoms with Crippen LogP contribution in [0.1, 0.15) is 17.9 Å². The normalized spacial score (nSPS) is 12.6. The van der Waals surface area contributed by atoms with Crippen LogP contribution in [0.2, 0.25) is 5.02 Å². The van der Waals surface area contributed by atoms with E-state index in [0.717, 1.165) is 11.1 Å². The maximum Gasteiger partial charge on any atom is 0.247 e. The molecule has 0 saturated carbocycles. The number of rotatable bonds is 5. The monoisotopic (exact) mass is 399 g/mol. The van der Waals surface area contributed by atoms with E-state index in [1.54, 1.807) is 12.1 Å². The Morgan fingerprint density at radius 2 is 1.82 bits per heavy atom. The summed E-state index contributed by atoms with van der Waals surface area (Å²) in [6.07, 6.45) is 0.507. The molecule has 28 heavy (non-hydrogen) atoms. The zero-order valence-corrected chi connectivity index (χ0v) is 16.0. The predicted molar refractivity (Wildman–Crippen MR) is 104 cm³/mol. The third-order valence-corrected chi connectivity index (χ3v) is 4.55. The molecular formula is C20H18ClN3O4. The molecule has 0 atom stereocenters. The first kappa shape index (κ1) is 18.3. The SMILES string of the molecule is Cc1ccc(-c2nnc(CCC(=O)Nc3cc4c(cc3Cl)OCCO4)o2)cc1. The van der Waals surface area contributed by atoms with Crippen molar-refractivity contribution in [1.82, 2.24) is 10.2 Å². The van der Waals surface area contributed by atoms with Crippen molar-refractivity contribution in [2.24, 2.45) is 0 Å². The van der Waals surface area contributed by atoms with Gasteiger partial charge in [0, 0.05) is 30.5 Å². The minimum atomic E-state index is -0.214. The summed E-state index contributed by atoms with van der Waals surface area (Å²) in [6.45, 7) is 2.95. The van der Waals surface area contributed by atoms with Gasteiger partial charge in [-0.05, 0) is 19.1 Å². The van der Waals surface area contributed by atoms with E-state index in [2.05, 4.69) is 15.5 Å². The van der Waals surface area contributed by atoms with E-state index in [-0.39, 0.29) is 12.3 Å². The van der Waals surface area contributed by atoms with E-state index in [0.29, 0.717) is 53.6 Å². The van der Waals surface area contributed by atoms with E-state index in [4.69, 9.17) is 25.5 Å². The second-order valence-electron chi connectivity index (χ2n) is 6.39. The summed E-state index contributed by atoms with van der Waals surface area (Å²) in [6, 6.07) is 11.1. The van der Waals surface area contributed by atoms with Crippen molar-refractivity contribution in [1.29, 1.82) is 0 Å². The second kappa shape index (κ2) is 7.90. The van der Waals surface area contributed by atoms with E-state index in [9.17, 15) is 4.79 Å². The molecule has 0 saturated heterocycles. The number of hydrogen-bond acceptors (Lipinski definition) is 6. The lowest BCUT2D eigenvalue weighted by Gasteiger charge is -2.20. The second-order valence-corrected chi connectivity index (χ2v) is 6.80. The average molecular weight is 400 g/mol. The van der Waals surface area contributed by atoms with Crippen LogP contribution in [-0.4, -0.2) is 29.3 Å². The fourth-order valence-electron chi connectivity index (χ4n) is 2.76. The first-order valence-corrected chi connectivity index (χ1v) is 9.25. The maximum absolute atomic E-state index is 12.3. The third-order valence-electron chi connectivity index (χ3n) is 4.24. The van der Waals surface area contributed by atoms with E-state index >= 15 is 0 Å². The van der Waals surface area contributed by atoms with Crippen LogP contribution in [0.25, 0.3) is 11.5 Å². The summed E-state index contributed by atoms with van der Waals surface area (Å²) >= 11 is 6.21. The molecule has 0 aliphatic carbocycles. The largest absolute Gasteiger partial charge is 0.486 e. The number of aromatic nitrogens is 2. The van der Waals surface area contributed by atoms with Crippen molar-refractivity contribution in [3.63, 3.8) is 0 Å². The molecule has 1 N–H and O–H groups in total. The van der Waals surface area contributed by atoms with Crippen molar-refractivity contribution in [3.05, 3.63) is 52.9 Å². The number of carbonyl (C=O) groups excluding carboxylic acids is 1. The van der Waals surface area contributed by atoms with Crippen molar-refractivity contribution in [3.8, 4) is 23.0 Å². The van der Waals surface area contributed by atoms with Crippen molar-refractivity contribution in [2.75, 3.05) is 18.5 Å². The van der Waals surface area contributed by atoms with Crippen LogP contribution in [0.5, 0.6) is 11.5 Å². The van der Waals surface area contributed by atoms with Crippen LogP contribution in [0.4, 0.5) is 5.69 Å². The Morgan fingerprint density at radius 3 is 2.57 bits per heavy atom. The number of anilines is 1. The lowest BCUT2D eigenvalue weighted by atomic mass is 10.1. The molecule has 1 aromatic heterocycles. The van der Waals surface area contributed by atoms with Gasteiger partial charge in [0.25, 0.3) is 0 Å². The van der Waals surface area contributed by atoms with Gasteiger partial charge in [0.15, 0.2) is 11.5 Å². The quantitative estimate of drug-likeness (QED) is 0.696. The van der Waals surface area contributed by atoms with Gasteiger partial charge in [-0.1, -0.05) is 29.3 Å². The molecule has 1 amide bonds. The molecule has 4 rings (SSSR count). The summed E-state index contributed by atoms with van der Waals surface area (Å²) in [5.41, 5.74) is 2.47. The van der Waals surface area contributed by atoms with Gasteiger partial charge < -0.3 is 19.2 Å². The molecule has 1 aliphatic rings. The molecule has 8 heteroatoms. The minimum Gasteiger partial charge on any atom is -0.486 e. The summed E-state index contributed by atoms with van der Waals surface area (Å²) < 4.78 is 16.6. The Bertz CT molecular complexity index is 1000. The van der Waals surface area contributed by atoms with Gasteiger partial charge >= 0.3 is 0 Å². The molecule has 2 heterocycles. The highest BCUT2D eigenvalue weighted by Crippen LogP contribution is 2.38. The Balaban J connectivity index is 1.37. The van der Waals surface area contributed by atoms with Crippen molar-refractivity contribution >= 4 is 23.2 Å². The number of ether oxygens (including phenoxy) is 2. The van der Waals surface area contributed by atoms with Gasteiger partial charge in [-0.2, -0.15) is 0 Å².